The zero-order valence-corrected chi connectivity index (χ0v) is 16.5. The quantitative estimate of drug-likeness (QED) is 0.430. The van der Waals surface area contributed by atoms with E-state index in [1.165, 1.54) is 7.11 Å². The second-order valence-electron chi connectivity index (χ2n) is 6.84. The van der Waals surface area contributed by atoms with Gasteiger partial charge in [-0.1, -0.05) is 18.2 Å². The minimum Gasteiger partial charge on any atom is -0.467 e. The van der Waals surface area contributed by atoms with Crippen molar-refractivity contribution >= 4 is 22.8 Å². The Kier molecular flexibility index (Phi) is 8.94. The van der Waals surface area contributed by atoms with Crippen LogP contribution in [0.1, 0.15) is 48.9 Å². The maximum atomic E-state index is 12.9. The molecule has 7 heteroatoms. The zero-order chi connectivity index (χ0) is 20.4. The summed E-state index contributed by atoms with van der Waals surface area (Å²) in [7, 11) is 1.31. The van der Waals surface area contributed by atoms with Gasteiger partial charge in [0.05, 0.1) is 19.3 Å². The number of hydrogen-bond acceptors (Lipinski definition) is 4. The highest BCUT2D eigenvalue weighted by Gasteiger charge is 2.23. The Hall–Kier alpha value is -2.41. The second kappa shape index (κ2) is 11.4. The molecule has 0 fully saturated rings. The van der Waals surface area contributed by atoms with Crippen molar-refractivity contribution in [2.75, 3.05) is 20.3 Å². The number of esters is 1. The SMILES string of the molecule is COC(=O)[C@@H](CCCCN)NC(=O)c1cn(CCCCCF)c2ccccc12. The lowest BCUT2D eigenvalue weighted by Gasteiger charge is -2.16. The number of unbranched alkanes of at least 4 members (excludes halogenated alkanes) is 3. The first-order valence-corrected chi connectivity index (χ1v) is 9.85. The van der Waals surface area contributed by atoms with E-state index in [0.29, 0.717) is 31.5 Å². The Balaban J connectivity index is 2.17. The van der Waals surface area contributed by atoms with Gasteiger partial charge in [-0.2, -0.15) is 0 Å². The van der Waals surface area contributed by atoms with Gasteiger partial charge >= 0.3 is 5.97 Å². The third-order valence-corrected chi connectivity index (χ3v) is 4.80. The van der Waals surface area contributed by atoms with Crippen LogP contribution in [0.5, 0.6) is 0 Å². The van der Waals surface area contributed by atoms with Gasteiger partial charge in [0.15, 0.2) is 0 Å². The van der Waals surface area contributed by atoms with E-state index in [-0.39, 0.29) is 12.6 Å². The van der Waals surface area contributed by atoms with Crippen molar-refractivity contribution in [3.05, 3.63) is 36.0 Å². The molecule has 1 aromatic carbocycles. The number of carbonyl (C=O) groups is 2. The summed E-state index contributed by atoms with van der Waals surface area (Å²) in [6, 6.07) is 6.96. The van der Waals surface area contributed by atoms with E-state index in [1.54, 1.807) is 0 Å². The number of fused-ring (bicyclic) bond motifs is 1. The number of aromatic nitrogens is 1. The van der Waals surface area contributed by atoms with Gasteiger partial charge in [-0.05, 0) is 51.1 Å². The van der Waals surface area contributed by atoms with Gasteiger partial charge in [0.25, 0.3) is 5.91 Å². The summed E-state index contributed by atoms with van der Waals surface area (Å²) in [5.41, 5.74) is 6.98. The van der Waals surface area contributed by atoms with E-state index in [2.05, 4.69) is 5.32 Å². The molecule has 0 aliphatic carbocycles. The van der Waals surface area contributed by atoms with Gasteiger partial charge in [0.2, 0.25) is 0 Å². The Morgan fingerprint density at radius 2 is 1.96 bits per heavy atom. The van der Waals surface area contributed by atoms with Gasteiger partial charge in [0.1, 0.15) is 6.04 Å². The number of para-hydroxylation sites is 1. The molecule has 1 amide bonds. The third kappa shape index (κ3) is 5.79. The van der Waals surface area contributed by atoms with Crippen molar-refractivity contribution < 1.29 is 18.7 Å². The number of carbonyl (C=O) groups excluding carboxylic acids is 2. The fourth-order valence-corrected chi connectivity index (χ4v) is 3.29. The number of nitrogens with one attached hydrogen (secondary N) is 1. The van der Waals surface area contributed by atoms with Gasteiger partial charge in [-0.25, -0.2) is 4.79 Å². The summed E-state index contributed by atoms with van der Waals surface area (Å²) in [5, 5.41) is 3.64. The normalized spacial score (nSPS) is 12.1. The lowest BCUT2D eigenvalue weighted by Crippen LogP contribution is -2.41. The molecule has 2 rings (SSSR count). The van der Waals surface area contributed by atoms with Gasteiger partial charge < -0.3 is 20.4 Å². The van der Waals surface area contributed by atoms with E-state index in [9.17, 15) is 14.0 Å². The number of amides is 1. The summed E-state index contributed by atoms with van der Waals surface area (Å²) in [4.78, 5) is 24.9. The lowest BCUT2D eigenvalue weighted by molar-refractivity contribution is -0.143. The number of nitrogens with two attached hydrogens (primary N) is 1. The topological polar surface area (TPSA) is 86.3 Å². The van der Waals surface area contributed by atoms with Crippen LogP contribution in [0.15, 0.2) is 30.5 Å². The molecule has 0 bridgehead atoms. The number of benzene rings is 1. The minimum absolute atomic E-state index is 0.304. The number of rotatable bonds is 12. The van der Waals surface area contributed by atoms with Crippen molar-refractivity contribution in [1.29, 1.82) is 0 Å². The molecule has 6 nitrogen and oxygen atoms in total. The first-order chi connectivity index (χ1) is 13.6. The molecule has 0 aliphatic rings. The van der Waals surface area contributed by atoms with Crippen LogP contribution in [0, 0.1) is 0 Å². The lowest BCUT2D eigenvalue weighted by atomic mass is 10.1. The molecule has 0 unspecified atom stereocenters. The van der Waals surface area contributed by atoms with Crippen LogP contribution in [0.3, 0.4) is 0 Å². The van der Waals surface area contributed by atoms with E-state index in [0.717, 1.165) is 36.6 Å². The van der Waals surface area contributed by atoms with Crippen molar-refractivity contribution in [1.82, 2.24) is 9.88 Å². The summed E-state index contributed by atoms with van der Waals surface area (Å²) in [6.07, 6.45) is 6.00. The Morgan fingerprint density at radius 1 is 1.18 bits per heavy atom. The summed E-state index contributed by atoms with van der Waals surface area (Å²) in [5.74, 6) is -0.762. The molecule has 3 N–H and O–H groups in total. The van der Waals surface area contributed by atoms with E-state index in [4.69, 9.17) is 10.5 Å². The predicted octanol–water partition coefficient (Wildman–Crippen LogP) is 3.18. The Bertz CT molecular complexity index is 775. The number of hydrogen-bond donors (Lipinski definition) is 2. The Labute approximate surface area is 165 Å². The number of halogens is 1. The van der Waals surface area contributed by atoms with E-state index >= 15 is 0 Å². The molecule has 0 saturated heterocycles. The standard InChI is InChI=1S/C21H30FN3O3/c1-28-21(27)18(10-5-7-13-23)24-20(26)17-15-25(14-8-2-6-12-22)19-11-4-3-9-16(17)19/h3-4,9,11,15,18H,2,5-8,10,12-14,23H2,1H3,(H,24,26)/t18-/m1/s1. The molecule has 1 heterocycles. The fourth-order valence-electron chi connectivity index (χ4n) is 3.29. The van der Waals surface area contributed by atoms with Crippen LogP contribution < -0.4 is 11.1 Å². The molecule has 154 valence electrons. The molecule has 28 heavy (non-hydrogen) atoms. The molecule has 1 aromatic heterocycles. The summed E-state index contributed by atoms with van der Waals surface area (Å²) in [6.45, 7) is 0.946. The highest BCUT2D eigenvalue weighted by molar-refractivity contribution is 6.08. The first-order valence-electron chi connectivity index (χ1n) is 9.85. The number of alkyl halides is 1. The fraction of sp³-hybridized carbons (Fsp3) is 0.524. The van der Waals surface area contributed by atoms with Crippen LogP contribution in [0.25, 0.3) is 10.9 Å². The average molecular weight is 391 g/mol. The summed E-state index contributed by atoms with van der Waals surface area (Å²) >= 11 is 0. The maximum absolute atomic E-state index is 12.9. The van der Waals surface area contributed by atoms with Crippen LogP contribution in [-0.2, 0) is 16.1 Å². The average Bonchev–Trinajstić information content (AvgIpc) is 3.09. The number of aryl methyl sites for hydroxylation is 1. The molecule has 0 spiro atoms. The van der Waals surface area contributed by atoms with Crippen molar-refractivity contribution in [2.24, 2.45) is 5.73 Å². The van der Waals surface area contributed by atoms with E-state index < -0.39 is 12.0 Å². The molecule has 0 aliphatic heterocycles. The first kappa shape index (κ1) is 21.9. The number of methoxy groups -OCH3 is 1. The number of nitrogens with zero attached hydrogens (tertiary/aromatic N) is 1. The second-order valence-corrected chi connectivity index (χ2v) is 6.84. The molecular formula is C21H30FN3O3. The molecule has 0 saturated carbocycles. The van der Waals surface area contributed by atoms with Gasteiger partial charge in [-0.15, -0.1) is 0 Å². The van der Waals surface area contributed by atoms with Gasteiger partial charge in [0, 0.05) is 23.6 Å². The zero-order valence-electron chi connectivity index (χ0n) is 16.5. The van der Waals surface area contributed by atoms with Crippen LogP contribution in [-0.4, -0.2) is 42.8 Å². The summed E-state index contributed by atoms with van der Waals surface area (Å²) < 4.78 is 19.2. The molecule has 2 aromatic rings. The molecular weight excluding hydrogens is 361 g/mol. The van der Waals surface area contributed by atoms with Crippen molar-refractivity contribution in [3.8, 4) is 0 Å². The van der Waals surface area contributed by atoms with Crippen LogP contribution >= 0.6 is 0 Å². The Morgan fingerprint density at radius 3 is 2.68 bits per heavy atom. The number of ether oxygens (including phenoxy) is 1. The van der Waals surface area contributed by atoms with Crippen LogP contribution in [0.4, 0.5) is 4.39 Å². The predicted molar refractivity (Wildman–Crippen MR) is 108 cm³/mol. The maximum Gasteiger partial charge on any atom is 0.328 e. The monoisotopic (exact) mass is 391 g/mol. The van der Waals surface area contributed by atoms with Gasteiger partial charge in [-0.3, -0.25) is 9.18 Å². The molecule has 1 atom stereocenters. The van der Waals surface area contributed by atoms with Crippen molar-refractivity contribution in [2.45, 2.75) is 51.1 Å². The highest BCUT2D eigenvalue weighted by atomic mass is 19.1. The van der Waals surface area contributed by atoms with Crippen LogP contribution in [0.2, 0.25) is 0 Å². The largest absolute Gasteiger partial charge is 0.467 e. The highest BCUT2D eigenvalue weighted by Crippen LogP contribution is 2.22. The van der Waals surface area contributed by atoms with E-state index in [1.807, 2.05) is 35.0 Å². The molecule has 0 radical (unpaired) electrons. The third-order valence-electron chi connectivity index (χ3n) is 4.80. The van der Waals surface area contributed by atoms with Crippen molar-refractivity contribution in [3.63, 3.8) is 0 Å². The smallest absolute Gasteiger partial charge is 0.328 e. The minimum atomic E-state index is -0.698.